The van der Waals surface area contributed by atoms with Crippen LogP contribution in [-0.4, -0.2) is 73.2 Å². The molecule has 2 saturated heterocycles. The number of aryl methyl sites for hydroxylation is 1. The largest absolute Gasteiger partial charge is 0.382 e. The van der Waals surface area contributed by atoms with Crippen LogP contribution in [0.25, 0.3) is 16.6 Å². The lowest BCUT2D eigenvalue weighted by Gasteiger charge is -2.32. The van der Waals surface area contributed by atoms with Crippen molar-refractivity contribution in [3.8, 4) is 0 Å². The number of likely N-dealkylation sites (tertiary alicyclic amines) is 1. The number of benzene rings is 1. The van der Waals surface area contributed by atoms with Crippen LogP contribution in [0.5, 0.6) is 0 Å². The predicted molar refractivity (Wildman–Crippen MR) is 147 cm³/mol. The first-order valence-electron chi connectivity index (χ1n) is 12.4. The summed E-state index contributed by atoms with van der Waals surface area (Å²) in [6.45, 7) is 9.51. The molecule has 0 unspecified atom stereocenters. The average molecular weight is 512 g/mol. The van der Waals surface area contributed by atoms with Gasteiger partial charge in [0.2, 0.25) is 5.95 Å². The topological polar surface area (TPSA) is 154 Å². The third-order valence-electron chi connectivity index (χ3n) is 7.28. The Balaban J connectivity index is 1.29. The molecule has 2 atom stereocenters. The summed E-state index contributed by atoms with van der Waals surface area (Å²) in [4.78, 5) is 35.8. The normalized spacial score (nSPS) is 18.8. The van der Waals surface area contributed by atoms with E-state index in [1.54, 1.807) is 18.2 Å². The fourth-order valence-electron chi connectivity index (χ4n) is 5.11. The van der Waals surface area contributed by atoms with Crippen LogP contribution in [0.2, 0.25) is 0 Å². The Morgan fingerprint density at radius 3 is 2.71 bits per heavy atom. The van der Waals surface area contributed by atoms with Gasteiger partial charge in [-0.05, 0) is 50.6 Å². The summed E-state index contributed by atoms with van der Waals surface area (Å²) in [5, 5.41) is 13.1. The standard InChI is InChI=1S/C26H29N11O/c1-13(2)18-9-20(35-34-18)31-25(38)15-6-5-14(3)19(7-15)30-24-22-21(28-12-29-24)23(27)33-26(32-22)37-11-16-8-17(37)10-36(16)4/h5-7,9,12,16-17H,1,8,10-11H2,2-4H3,(H2,27,32,33)(H,28,29,30)(H2,31,34,35,38)/t16-,17-/m1/s1. The number of nitrogens with one attached hydrogen (secondary N) is 3. The summed E-state index contributed by atoms with van der Waals surface area (Å²) in [6, 6.07) is 8.01. The number of hydrogen-bond acceptors (Lipinski definition) is 10. The van der Waals surface area contributed by atoms with Gasteiger partial charge in [-0.15, -0.1) is 0 Å². The molecule has 194 valence electrons. The van der Waals surface area contributed by atoms with Gasteiger partial charge in [0.1, 0.15) is 23.2 Å². The highest BCUT2D eigenvalue weighted by molar-refractivity contribution is 6.05. The Bertz CT molecular complexity index is 1580. The van der Waals surface area contributed by atoms with Crippen LogP contribution in [0, 0.1) is 6.92 Å². The number of carbonyl (C=O) groups excluding carboxylic acids is 1. The van der Waals surface area contributed by atoms with Crippen LogP contribution >= 0.6 is 0 Å². The first-order chi connectivity index (χ1) is 18.3. The summed E-state index contributed by atoms with van der Waals surface area (Å²) < 4.78 is 0. The molecule has 6 rings (SSSR count). The number of H-pyrrole nitrogens is 1. The molecule has 5 heterocycles. The maximum absolute atomic E-state index is 13.0. The number of carbonyl (C=O) groups is 1. The molecule has 4 aromatic rings. The van der Waals surface area contributed by atoms with Crippen LogP contribution in [0.4, 0.5) is 29.1 Å². The van der Waals surface area contributed by atoms with Gasteiger partial charge >= 0.3 is 0 Å². The lowest BCUT2D eigenvalue weighted by Crippen LogP contribution is -2.45. The van der Waals surface area contributed by atoms with Crippen LogP contribution in [0.15, 0.2) is 37.2 Å². The molecule has 0 saturated carbocycles. The summed E-state index contributed by atoms with van der Waals surface area (Å²) in [7, 11) is 2.15. The molecule has 2 aliphatic rings. The molecule has 0 aliphatic carbocycles. The Labute approximate surface area is 219 Å². The van der Waals surface area contributed by atoms with Crippen LogP contribution in [0.1, 0.15) is 35.0 Å². The minimum absolute atomic E-state index is 0.277. The summed E-state index contributed by atoms with van der Waals surface area (Å²) >= 11 is 0. The monoisotopic (exact) mass is 511 g/mol. The van der Waals surface area contributed by atoms with Gasteiger partial charge in [-0.2, -0.15) is 10.1 Å². The minimum Gasteiger partial charge on any atom is -0.382 e. The van der Waals surface area contributed by atoms with Gasteiger partial charge in [0, 0.05) is 42.5 Å². The zero-order valence-corrected chi connectivity index (χ0v) is 21.5. The number of hydrogen-bond donors (Lipinski definition) is 4. The number of amides is 1. The van der Waals surface area contributed by atoms with E-state index in [1.165, 1.54) is 6.33 Å². The van der Waals surface area contributed by atoms with Crippen molar-refractivity contribution in [1.29, 1.82) is 0 Å². The minimum atomic E-state index is -0.277. The van der Waals surface area contributed by atoms with E-state index in [0.717, 1.165) is 30.6 Å². The van der Waals surface area contributed by atoms with Crippen molar-refractivity contribution in [2.75, 3.05) is 41.4 Å². The van der Waals surface area contributed by atoms with Gasteiger partial charge in [-0.3, -0.25) is 14.8 Å². The number of fused-ring (bicyclic) bond motifs is 3. The fourth-order valence-corrected chi connectivity index (χ4v) is 5.11. The van der Waals surface area contributed by atoms with Gasteiger partial charge in [0.15, 0.2) is 11.6 Å². The summed E-state index contributed by atoms with van der Waals surface area (Å²) in [5.41, 5.74) is 10.9. The van der Waals surface area contributed by atoms with E-state index in [0.29, 0.717) is 63.5 Å². The third-order valence-corrected chi connectivity index (χ3v) is 7.28. The van der Waals surface area contributed by atoms with E-state index in [1.807, 2.05) is 19.9 Å². The van der Waals surface area contributed by atoms with Crippen molar-refractivity contribution in [1.82, 2.24) is 35.0 Å². The van der Waals surface area contributed by atoms with Crippen molar-refractivity contribution >= 4 is 51.6 Å². The second-order valence-corrected chi connectivity index (χ2v) is 10.0. The zero-order chi connectivity index (χ0) is 26.6. The van der Waals surface area contributed by atoms with Crippen molar-refractivity contribution < 1.29 is 4.79 Å². The first kappa shape index (κ1) is 23.8. The molecule has 5 N–H and O–H groups in total. The van der Waals surface area contributed by atoms with Gasteiger partial charge in [0.25, 0.3) is 5.91 Å². The second-order valence-electron chi connectivity index (χ2n) is 10.0. The van der Waals surface area contributed by atoms with Gasteiger partial charge < -0.3 is 21.3 Å². The number of likely N-dealkylation sites (N-methyl/N-ethyl adjacent to an activating group) is 1. The average Bonchev–Trinajstić information content (AvgIpc) is 3.61. The van der Waals surface area contributed by atoms with Crippen molar-refractivity contribution in [3.63, 3.8) is 0 Å². The van der Waals surface area contributed by atoms with Crippen molar-refractivity contribution in [2.45, 2.75) is 32.4 Å². The molecule has 1 aromatic carbocycles. The van der Waals surface area contributed by atoms with E-state index in [4.69, 9.17) is 10.7 Å². The van der Waals surface area contributed by atoms with Gasteiger partial charge in [-0.1, -0.05) is 12.6 Å². The number of aromatic amines is 1. The number of nitrogens with zero attached hydrogens (tertiary/aromatic N) is 7. The molecule has 2 bridgehead atoms. The number of allylic oxidation sites excluding steroid dienone is 1. The van der Waals surface area contributed by atoms with Gasteiger partial charge in [-0.25, -0.2) is 15.0 Å². The van der Waals surface area contributed by atoms with E-state index in [-0.39, 0.29) is 5.91 Å². The SMILES string of the molecule is C=C(C)c1cc(NC(=O)c2ccc(C)c(Nc3ncnc4c(N)nc(N5C[C@H]6C[C@@H]5CN6C)nc34)c2)[nH]n1. The highest BCUT2D eigenvalue weighted by Crippen LogP contribution is 2.34. The molecule has 0 radical (unpaired) electrons. The van der Waals surface area contributed by atoms with E-state index >= 15 is 0 Å². The summed E-state index contributed by atoms with van der Waals surface area (Å²) in [5.74, 6) is 1.61. The van der Waals surface area contributed by atoms with Gasteiger partial charge in [0.05, 0.1) is 5.69 Å². The molecule has 2 aliphatic heterocycles. The fraction of sp³-hybridized carbons (Fsp3) is 0.308. The molecule has 12 nitrogen and oxygen atoms in total. The lowest BCUT2D eigenvalue weighted by molar-refractivity contribution is 0.102. The van der Waals surface area contributed by atoms with E-state index in [2.05, 4.69) is 59.2 Å². The number of nitrogen functional groups attached to an aromatic ring is 1. The van der Waals surface area contributed by atoms with Crippen LogP contribution < -0.4 is 21.3 Å². The Morgan fingerprint density at radius 1 is 1.16 bits per heavy atom. The molecular weight excluding hydrogens is 482 g/mol. The summed E-state index contributed by atoms with van der Waals surface area (Å²) in [6.07, 6.45) is 2.52. The van der Waals surface area contributed by atoms with Crippen molar-refractivity contribution in [3.05, 3.63) is 54.0 Å². The maximum Gasteiger partial charge on any atom is 0.256 e. The maximum atomic E-state index is 13.0. The lowest BCUT2D eigenvalue weighted by atomic mass is 10.1. The number of piperazine rings is 1. The zero-order valence-electron chi connectivity index (χ0n) is 21.5. The molecule has 3 aromatic heterocycles. The molecule has 12 heteroatoms. The smallest absolute Gasteiger partial charge is 0.256 e. The Kier molecular flexibility index (Phi) is 5.68. The third kappa shape index (κ3) is 4.18. The quantitative estimate of drug-likeness (QED) is 0.304. The number of nitrogens with two attached hydrogens (primary N) is 1. The van der Waals surface area contributed by atoms with E-state index < -0.39 is 0 Å². The second kappa shape index (κ2) is 9.06. The predicted octanol–water partition coefficient (Wildman–Crippen LogP) is 2.96. The van der Waals surface area contributed by atoms with Crippen LogP contribution in [-0.2, 0) is 0 Å². The first-order valence-corrected chi connectivity index (χ1v) is 12.4. The molecule has 1 amide bonds. The van der Waals surface area contributed by atoms with E-state index in [9.17, 15) is 4.79 Å². The molecule has 2 fully saturated rings. The number of aromatic nitrogens is 6. The van der Waals surface area contributed by atoms with Crippen LogP contribution in [0.3, 0.4) is 0 Å². The Morgan fingerprint density at radius 2 is 2.00 bits per heavy atom. The number of anilines is 5. The number of rotatable bonds is 6. The molecular formula is C26H29N11O. The molecule has 0 spiro atoms. The molecule has 38 heavy (non-hydrogen) atoms. The highest BCUT2D eigenvalue weighted by Gasteiger charge is 2.42. The highest BCUT2D eigenvalue weighted by atomic mass is 16.1. The van der Waals surface area contributed by atoms with Crippen molar-refractivity contribution in [2.24, 2.45) is 0 Å². The Hall–Kier alpha value is -4.58.